The zero-order valence-corrected chi connectivity index (χ0v) is 15.0. The van der Waals surface area contributed by atoms with E-state index in [0.717, 1.165) is 17.2 Å². The quantitative estimate of drug-likeness (QED) is 0.736. The summed E-state index contributed by atoms with van der Waals surface area (Å²) in [4.78, 5) is 30.3. The van der Waals surface area contributed by atoms with E-state index in [2.05, 4.69) is 22.5 Å². The topological polar surface area (TPSA) is 74.3 Å². The number of thioether (sulfide) groups is 1. The van der Waals surface area contributed by atoms with Crippen LogP contribution in [-0.2, 0) is 11.3 Å². The van der Waals surface area contributed by atoms with Crippen LogP contribution < -0.4 is 10.6 Å². The van der Waals surface area contributed by atoms with E-state index in [0.29, 0.717) is 39.0 Å². The predicted molar refractivity (Wildman–Crippen MR) is 96.8 cm³/mol. The number of nitrogens with one attached hydrogen (secondary N) is 2. The number of amides is 3. The Morgan fingerprint density at radius 2 is 2.08 bits per heavy atom. The van der Waals surface area contributed by atoms with Crippen molar-refractivity contribution in [2.45, 2.75) is 26.3 Å². The fourth-order valence-corrected chi connectivity index (χ4v) is 3.19. The number of pyridine rings is 1. The van der Waals surface area contributed by atoms with E-state index < -0.39 is 0 Å². The molecule has 0 bridgehead atoms. The summed E-state index contributed by atoms with van der Waals surface area (Å²) in [5.41, 5.74) is 0.854. The molecule has 1 saturated heterocycles. The lowest BCUT2D eigenvalue weighted by molar-refractivity contribution is -0.126. The van der Waals surface area contributed by atoms with Crippen molar-refractivity contribution in [3.63, 3.8) is 0 Å². The standard InChI is InChI=1S/C17H26N4O2S/c1-2-24-12-9-19-17(23)21-10-6-14(7-11-21)16(22)20-13-15-5-3-4-8-18-15/h3-5,8,14H,2,6-7,9-13H2,1H3,(H,19,23)(H,20,22). The summed E-state index contributed by atoms with van der Waals surface area (Å²) < 4.78 is 0. The van der Waals surface area contributed by atoms with Gasteiger partial charge in [0.05, 0.1) is 12.2 Å². The van der Waals surface area contributed by atoms with Gasteiger partial charge < -0.3 is 15.5 Å². The first-order valence-electron chi connectivity index (χ1n) is 8.49. The molecule has 7 heteroatoms. The van der Waals surface area contributed by atoms with E-state index >= 15 is 0 Å². The number of nitrogens with zero attached hydrogens (tertiary/aromatic N) is 2. The van der Waals surface area contributed by atoms with Crippen LogP contribution >= 0.6 is 11.8 Å². The lowest BCUT2D eigenvalue weighted by Crippen LogP contribution is -2.47. The summed E-state index contributed by atoms with van der Waals surface area (Å²) in [6.45, 7) is 4.52. The second kappa shape index (κ2) is 10.2. The zero-order chi connectivity index (χ0) is 17.2. The molecule has 0 atom stereocenters. The molecule has 6 nitrogen and oxygen atoms in total. The minimum absolute atomic E-state index is 0.0148. The van der Waals surface area contributed by atoms with Gasteiger partial charge in [-0.15, -0.1) is 0 Å². The van der Waals surface area contributed by atoms with Crippen molar-refractivity contribution in [2.75, 3.05) is 31.1 Å². The molecule has 0 aliphatic carbocycles. The third-order valence-electron chi connectivity index (χ3n) is 4.05. The van der Waals surface area contributed by atoms with E-state index in [9.17, 15) is 9.59 Å². The molecule has 0 spiro atoms. The Morgan fingerprint density at radius 3 is 2.75 bits per heavy atom. The van der Waals surface area contributed by atoms with Gasteiger partial charge in [-0.2, -0.15) is 11.8 Å². The maximum absolute atomic E-state index is 12.2. The van der Waals surface area contributed by atoms with Gasteiger partial charge in [0.15, 0.2) is 0 Å². The number of urea groups is 1. The highest BCUT2D eigenvalue weighted by atomic mass is 32.2. The first-order valence-corrected chi connectivity index (χ1v) is 9.64. The molecule has 24 heavy (non-hydrogen) atoms. The van der Waals surface area contributed by atoms with Gasteiger partial charge in [0.1, 0.15) is 0 Å². The monoisotopic (exact) mass is 350 g/mol. The zero-order valence-electron chi connectivity index (χ0n) is 14.2. The minimum atomic E-state index is -0.0200. The molecule has 2 rings (SSSR count). The van der Waals surface area contributed by atoms with E-state index in [1.165, 1.54) is 0 Å². The summed E-state index contributed by atoms with van der Waals surface area (Å²) in [5, 5.41) is 5.87. The van der Waals surface area contributed by atoms with Gasteiger partial charge in [0.25, 0.3) is 0 Å². The molecular weight excluding hydrogens is 324 g/mol. The van der Waals surface area contributed by atoms with Gasteiger partial charge in [0, 0.05) is 37.5 Å². The van der Waals surface area contributed by atoms with Gasteiger partial charge in [-0.3, -0.25) is 9.78 Å². The summed E-state index contributed by atoms with van der Waals surface area (Å²) >= 11 is 1.81. The highest BCUT2D eigenvalue weighted by molar-refractivity contribution is 7.99. The average Bonchev–Trinajstić information content (AvgIpc) is 2.64. The molecule has 0 aromatic carbocycles. The number of carbonyl (C=O) groups excluding carboxylic acids is 2. The molecule has 0 radical (unpaired) electrons. The Hall–Kier alpha value is -1.76. The number of piperidine rings is 1. The molecule has 1 aromatic rings. The van der Waals surface area contributed by atoms with Crippen molar-refractivity contribution in [3.05, 3.63) is 30.1 Å². The van der Waals surface area contributed by atoms with Gasteiger partial charge in [-0.05, 0) is 30.7 Å². The Labute approximate surface area is 147 Å². The van der Waals surface area contributed by atoms with E-state index in [4.69, 9.17) is 0 Å². The summed E-state index contributed by atoms with van der Waals surface area (Å²) in [6, 6.07) is 5.64. The molecule has 0 unspecified atom stereocenters. The number of rotatable bonds is 7. The molecule has 1 aliphatic heterocycles. The normalized spacial score (nSPS) is 15.1. The fourth-order valence-electron chi connectivity index (χ4n) is 2.66. The van der Waals surface area contributed by atoms with Crippen molar-refractivity contribution in [2.24, 2.45) is 5.92 Å². The van der Waals surface area contributed by atoms with Crippen LogP contribution in [-0.4, -0.2) is 53.0 Å². The van der Waals surface area contributed by atoms with Gasteiger partial charge in [0.2, 0.25) is 5.91 Å². The van der Waals surface area contributed by atoms with Gasteiger partial charge in [-0.25, -0.2) is 4.79 Å². The number of hydrogen-bond acceptors (Lipinski definition) is 4. The molecule has 132 valence electrons. The third-order valence-corrected chi connectivity index (χ3v) is 4.95. The molecule has 3 amide bonds. The van der Waals surface area contributed by atoms with Crippen LogP contribution in [0.2, 0.25) is 0 Å². The number of likely N-dealkylation sites (tertiary alicyclic amines) is 1. The van der Waals surface area contributed by atoms with Crippen LogP contribution in [0.4, 0.5) is 4.79 Å². The van der Waals surface area contributed by atoms with Crippen LogP contribution in [0.15, 0.2) is 24.4 Å². The lowest BCUT2D eigenvalue weighted by Gasteiger charge is -2.31. The maximum atomic E-state index is 12.2. The minimum Gasteiger partial charge on any atom is -0.350 e. The van der Waals surface area contributed by atoms with Crippen LogP contribution in [0.5, 0.6) is 0 Å². The summed E-state index contributed by atoms with van der Waals surface area (Å²) in [5.74, 6) is 2.04. The second-order valence-electron chi connectivity index (χ2n) is 5.73. The Bertz CT molecular complexity index is 519. The highest BCUT2D eigenvalue weighted by Crippen LogP contribution is 2.17. The Balaban J connectivity index is 1.66. The van der Waals surface area contributed by atoms with Crippen LogP contribution in [0.25, 0.3) is 0 Å². The van der Waals surface area contributed by atoms with Crippen LogP contribution in [0.1, 0.15) is 25.5 Å². The first kappa shape index (κ1) is 18.6. The average molecular weight is 350 g/mol. The van der Waals surface area contributed by atoms with Crippen molar-refractivity contribution in [1.29, 1.82) is 0 Å². The fraction of sp³-hybridized carbons (Fsp3) is 0.588. The van der Waals surface area contributed by atoms with Crippen molar-refractivity contribution in [1.82, 2.24) is 20.5 Å². The van der Waals surface area contributed by atoms with Gasteiger partial charge in [-0.1, -0.05) is 13.0 Å². The van der Waals surface area contributed by atoms with E-state index in [-0.39, 0.29) is 17.9 Å². The van der Waals surface area contributed by atoms with Crippen molar-refractivity contribution in [3.8, 4) is 0 Å². The Morgan fingerprint density at radius 1 is 1.29 bits per heavy atom. The smallest absolute Gasteiger partial charge is 0.317 e. The molecule has 1 fully saturated rings. The first-order chi connectivity index (χ1) is 11.7. The van der Waals surface area contributed by atoms with E-state index in [1.54, 1.807) is 11.1 Å². The highest BCUT2D eigenvalue weighted by Gasteiger charge is 2.27. The maximum Gasteiger partial charge on any atom is 0.317 e. The largest absolute Gasteiger partial charge is 0.350 e. The van der Waals surface area contributed by atoms with Crippen molar-refractivity contribution < 1.29 is 9.59 Å². The number of aromatic nitrogens is 1. The van der Waals surface area contributed by atoms with E-state index in [1.807, 2.05) is 30.0 Å². The van der Waals surface area contributed by atoms with Crippen molar-refractivity contribution >= 4 is 23.7 Å². The summed E-state index contributed by atoms with van der Waals surface area (Å²) in [7, 11) is 0. The SMILES string of the molecule is CCSCCNC(=O)N1CCC(C(=O)NCc2ccccn2)CC1. The summed E-state index contributed by atoms with van der Waals surface area (Å²) in [6.07, 6.45) is 3.15. The molecule has 0 saturated carbocycles. The lowest BCUT2D eigenvalue weighted by atomic mass is 9.96. The predicted octanol–water partition coefficient (Wildman–Crippen LogP) is 1.87. The molecule has 2 heterocycles. The number of carbonyl (C=O) groups is 2. The molecule has 1 aromatic heterocycles. The third kappa shape index (κ3) is 6.03. The molecular formula is C17H26N4O2S. The Kier molecular flexibility index (Phi) is 7.88. The van der Waals surface area contributed by atoms with Crippen LogP contribution in [0.3, 0.4) is 0 Å². The molecule has 1 aliphatic rings. The van der Waals surface area contributed by atoms with Crippen LogP contribution in [0, 0.1) is 5.92 Å². The second-order valence-corrected chi connectivity index (χ2v) is 7.12. The number of hydrogen-bond donors (Lipinski definition) is 2. The van der Waals surface area contributed by atoms with Gasteiger partial charge >= 0.3 is 6.03 Å². The molecule has 2 N–H and O–H groups in total.